The van der Waals surface area contributed by atoms with Crippen molar-refractivity contribution in [3.8, 4) is 11.5 Å². The van der Waals surface area contributed by atoms with Crippen molar-refractivity contribution >= 4 is 32.6 Å². The van der Waals surface area contributed by atoms with Gasteiger partial charge in [-0.1, -0.05) is 41.7 Å². The Morgan fingerprint density at radius 2 is 1.77 bits per heavy atom. The van der Waals surface area contributed by atoms with Crippen LogP contribution in [-0.2, 0) is 11.3 Å². The average Bonchev–Trinajstić information content (AvgIpc) is 3.19. The van der Waals surface area contributed by atoms with Crippen LogP contribution in [0.15, 0.2) is 72.8 Å². The summed E-state index contributed by atoms with van der Waals surface area (Å²) in [6.07, 6.45) is 0. The van der Waals surface area contributed by atoms with Crippen LogP contribution in [0.4, 0.5) is 9.52 Å². The van der Waals surface area contributed by atoms with Crippen molar-refractivity contribution in [3.05, 3.63) is 84.2 Å². The summed E-state index contributed by atoms with van der Waals surface area (Å²) < 4.78 is 25.1. The summed E-state index contributed by atoms with van der Waals surface area (Å²) >= 11 is 1.28. The topological polar surface area (TPSA) is 51.7 Å². The minimum absolute atomic E-state index is 0.149. The maximum atomic E-state index is 13.6. The molecular formula is C23H19FN2O3S. The molecule has 0 bridgehead atoms. The third-order valence-electron chi connectivity index (χ3n) is 4.48. The van der Waals surface area contributed by atoms with Gasteiger partial charge >= 0.3 is 0 Å². The van der Waals surface area contributed by atoms with E-state index in [1.807, 2.05) is 30.3 Å². The van der Waals surface area contributed by atoms with Crippen LogP contribution < -0.4 is 14.4 Å². The maximum absolute atomic E-state index is 13.6. The van der Waals surface area contributed by atoms with E-state index in [9.17, 15) is 9.18 Å². The molecule has 1 heterocycles. The molecule has 0 aliphatic carbocycles. The highest BCUT2D eigenvalue weighted by molar-refractivity contribution is 7.22. The first-order valence-electron chi connectivity index (χ1n) is 9.29. The van der Waals surface area contributed by atoms with E-state index in [1.165, 1.54) is 23.5 Å². The maximum Gasteiger partial charge on any atom is 0.267 e. The van der Waals surface area contributed by atoms with E-state index in [0.29, 0.717) is 33.4 Å². The van der Waals surface area contributed by atoms with Crippen molar-refractivity contribution in [3.63, 3.8) is 0 Å². The highest BCUT2D eigenvalue weighted by atomic mass is 32.1. The van der Waals surface area contributed by atoms with Crippen molar-refractivity contribution < 1.29 is 18.7 Å². The van der Waals surface area contributed by atoms with Gasteiger partial charge in [-0.3, -0.25) is 9.69 Å². The van der Waals surface area contributed by atoms with Crippen LogP contribution in [0.1, 0.15) is 5.56 Å². The third kappa shape index (κ3) is 4.58. The van der Waals surface area contributed by atoms with Crippen LogP contribution in [0.3, 0.4) is 0 Å². The smallest absolute Gasteiger partial charge is 0.267 e. The zero-order chi connectivity index (χ0) is 20.9. The molecule has 1 aromatic heterocycles. The largest absolute Gasteiger partial charge is 0.497 e. The number of amides is 1. The predicted molar refractivity (Wildman–Crippen MR) is 116 cm³/mol. The Balaban J connectivity index is 1.57. The zero-order valence-corrected chi connectivity index (χ0v) is 17.1. The number of methoxy groups -OCH3 is 1. The molecule has 0 fully saturated rings. The highest BCUT2D eigenvalue weighted by Crippen LogP contribution is 2.30. The molecule has 4 rings (SSSR count). The van der Waals surface area contributed by atoms with E-state index in [2.05, 4.69) is 4.98 Å². The second kappa shape index (κ2) is 8.92. The zero-order valence-electron chi connectivity index (χ0n) is 16.2. The standard InChI is InChI=1S/C23H19FN2O3S/c1-28-18-8-10-19(11-9-18)29-15-22(27)26(14-16-5-3-2-4-6-16)23-25-20-12-7-17(24)13-21(20)30-23/h2-13H,14-15H2,1H3. The molecule has 4 aromatic rings. The Bertz CT molecular complexity index is 1150. The lowest BCUT2D eigenvalue weighted by molar-refractivity contribution is -0.120. The quantitative estimate of drug-likeness (QED) is 0.418. The molecular weight excluding hydrogens is 403 g/mol. The SMILES string of the molecule is COc1ccc(OCC(=O)N(Cc2ccccc2)c2nc3ccc(F)cc3s2)cc1. The highest BCUT2D eigenvalue weighted by Gasteiger charge is 2.21. The van der Waals surface area contributed by atoms with Gasteiger partial charge in [0.15, 0.2) is 11.7 Å². The molecule has 152 valence electrons. The Morgan fingerprint density at radius 1 is 1.03 bits per heavy atom. The predicted octanol–water partition coefficient (Wildman–Crippen LogP) is 5.06. The van der Waals surface area contributed by atoms with Crippen LogP contribution in [0.25, 0.3) is 10.2 Å². The van der Waals surface area contributed by atoms with Crippen molar-refractivity contribution in [2.24, 2.45) is 0 Å². The molecule has 0 unspecified atom stereocenters. The van der Waals surface area contributed by atoms with Crippen molar-refractivity contribution in [2.75, 3.05) is 18.6 Å². The molecule has 0 spiro atoms. The second-order valence-corrected chi connectivity index (χ2v) is 7.55. The average molecular weight is 422 g/mol. The molecule has 0 saturated heterocycles. The first kappa shape index (κ1) is 19.8. The number of ether oxygens (including phenoxy) is 2. The molecule has 30 heavy (non-hydrogen) atoms. The number of rotatable bonds is 7. The first-order chi connectivity index (χ1) is 14.6. The van der Waals surface area contributed by atoms with Crippen molar-refractivity contribution in [2.45, 2.75) is 6.54 Å². The van der Waals surface area contributed by atoms with Gasteiger partial charge in [-0.05, 0) is 48.0 Å². The number of anilines is 1. The fourth-order valence-electron chi connectivity index (χ4n) is 2.93. The van der Waals surface area contributed by atoms with Gasteiger partial charge in [0.1, 0.15) is 17.3 Å². The number of carbonyl (C=O) groups is 1. The van der Waals surface area contributed by atoms with Gasteiger partial charge < -0.3 is 9.47 Å². The van der Waals surface area contributed by atoms with Gasteiger partial charge in [-0.2, -0.15) is 0 Å². The number of fused-ring (bicyclic) bond motifs is 1. The molecule has 0 saturated carbocycles. The molecule has 1 amide bonds. The van der Waals surface area contributed by atoms with E-state index < -0.39 is 0 Å². The Kier molecular flexibility index (Phi) is 5.90. The van der Waals surface area contributed by atoms with Gasteiger partial charge in [0.05, 0.1) is 23.9 Å². The molecule has 5 nitrogen and oxygen atoms in total. The van der Waals surface area contributed by atoms with Gasteiger partial charge in [0.2, 0.25) is 0 Å². The monoisotopic (exact) mass is 422 g/mol. The van der Waals surface area contributed by atoms with Crippen molar-refractivity contribution in [1.29, 1.82) is 0 Å². The molecule has 0 aliphatic heterocycles. The summed E-state index contributed by atoms with van der Waals surface area (Å²) in [7, 11) is 1.59. The lowest BCUT2D eigenvalue weighted by Gasteiger charge is -2.20. The number of nitrogens with zero attached hydrogens (tertiary/aromatic N) is 2. The van der Waals surface area contributed by atoms with E-state index >= 15 is 0 Å². The summed E-state index contributed by atoms with van der Waals surface area (Å²) in [6.45, 7) is 0.192. The van der Waals surface area contributed by atoms with Gasteiger partial charge in [-0.15, -0.1) is 0 Å². The van der Waals surface area contributed by atoms with Crippen molar-refractivity contribution in [1.82, 2.24) is 4.98 Å². The third-order valence-corrected chi connectivity index (χ3v) is 5.52. The summed E-state index contributed by atoms with van der Waals surface area (Å²) in [5, 5.41) is 0.503. The van der Waals surface area contributed by atoms with Gasteiger partial charge in [0, 0.05) is 0 Å². The second-order valence-electron chi connectivity index (χ2n) is 6.54. The number of thiazole rings is 1. The fraction of sp³-hybridized carbons (Fsp3) is 0.130. The summed E-state index contributed by atoms with van der Waals surface area (Å²) in [4.78, 5) is 19.2. The summed E-state index contributed by atoms with van der Waals surface area (Å²) in [5.74, 6) is 0.701. The van der Waals surface area contributed by atoms with E-state index in [1.54, 1.807) is 42.3 Å². The minimum Gasteiger partial charge on any atom is -0.497 e. The Hall–Kier alpha value is -3.45. The molecule has 7 heteroatoms. The number of hydrogen-bond acceptors (Lipinski definition) is 5. The van der Waals surface area contributed by atoms with E-state index in [0.717, 1.165) is 5.56 Å². The first-order valence-corrected chi connectivity index (χ1v) is 10.1. The lowest BCUT2D eigenvalue weighted by atomic mass is 10.2. The Labute approximate surface area is 177 Å². The number of benzene rings is 3. The van der Waals surface area contributed by atoms with Crippen LogP contribution in [0.5, 0.6) is 11.5 Å². The van der Waals surface area contributed by atoms with Crippen LogP contribution in [0, 0.1) is 5.82 Å². The summed E-state index contributed by atoms with van der Waals surface area (Å²) in [5.41, 5.74) is 1.61. The summed E-state index contributed by atoms with van der Waals surface area (Å²) in [6, 6.07) is 21.1. The Morgan fingerprint density at radius 3 is 2.50 bits per heavy atom. The molecule has 0 atom stereocenters. The minimum atomic E-state index is -0.332. The molecule has 3 aromatic carbocycles. The molecule has 0 N–H and O–H groups in total. The van der Waals surface area contributed by atoms with Gasteiger partial charge in [-0.25, -0.2) is 9.37 Å². The number of halogens is 1. The van der Waals surface area contributed by atoms with Crippen LogP contribution >= 0.6 is 11.3 Å². The van der Waals surface area contributed by atoms with Crippen LogP contribution in [-0.4, -0.2) is 24.6 Å². The fourth-order valence-corrected chi connectivity index (χ4v) is 3.93. The molecule has 0 aliphatic rings. The van der Waals surface area contributed by atoms with E-state index in [4.69, 9.17) is 9.47 Å². The number of hydrogen-bond donors (Lipinski definition) is 0. The van der Waals surface area contributed by atoms with Gasteiger partial charge in [0.25, 0.3) is 5.91 Å². The molecule has 0 radical (unpaired) electrons. The van der Waals surface area contributed by atoms with E-state index in [-0.39, 0.29) is 18.3 Å². The lowest BCUT2D eigenvalue weighted by Crippen LogP contribution is -2.34. The van der Waals surface area contributed by atoms with Crippen LogP contribution in [0.2, 0.25) is 0 Å². The normalized spacial score (nSPS) is 10.7. The number of carbonyl (C=O) groups excluding carboxylic acids is 1. The number of aromatic nitrogens is 1.